The van der Waals surface area contributed by atoms with Crippen LogP contribution in [0.25, 0.3) is 0 Å². The Hall–Kier alpha value is -4.36. The summed E-state index contributed by atoms with van der Waals surface area (Å²) in [6, 6.07) is 0. The summed E-state index contributed by atoms with van der Waals surface area (Å²) in [5, 5.41) is 31.5. The molecule has 0 aromatic carbocycles. The molecule has 3 N–H and O–H groups in total. The zero-order chi connectivity index (χ0) is 54.7. The fraction of sp³-hybridized carbons (Fsp3) is 0.683. The predicted molar refractivity (Wildman–Crippen MR) is 303 cm³/mol. The van der Waals surface area contributed by atoms with Crippen LogP contribution >= 0.6 is 0 Å². The SMILES string of the molecule is CC/C=C\C/C=C\C/C=C\C/C=C\CCCCCCC(=O)OCC(COC1OC(C(=O)O)C(O)C(O)C1OC(=O)CCCCCCCCC/C=C\C/C=C\C/C=C\CC)OC(=O)CCCCCCC/C=C\CCCC. The number of unbranched alkanes of at least 4 members (excludes halogenated alkanes) is 18. The van der Waals surface area contributed by atoms with Crippen molar-refractivity contribution in [3.05, 3.63) is 97.2 Å². The molecular formula is C63H102O12. The number of carboxylic acids is 1. The molecule has 75 heavy (non-hydrogen) atoms. The van der Waals surface area contributed by atoms with Crippen molar-refractivity contribution < 1.29 is 58.2 Å². The second kappa shape index (κ2) is 50.5. The van der Waals surface area contributed by atoms with Gasteiger partial charge in [0.15, 0.2) is 24.6 Å². The van der Waals surface area contributed by atoms with Gasteiger partial charge in [0.1, 0.15) is 18.8 Å². The van der Waals surface area contributed by atoms with Crippen LogP contribution in [0.2, 0.25) is 0 Å². The number of allylic oxidation sites excluding steroid dienone is 16. The number of rotatable bonds is 48. The van der Waals surface area contributed by atoms with Gasteiger partial charge >= 0.3 is 23.9 Å². The van der Waals surface area contributed by atoms with E-state index in [2.05, 4.69) is 118 Å². The number of hydrogen-bond acceptors (Lipinski definition) is 11. The minimum absolute atomic E-state index is 0.0418. The van der Waals surface area contributed by atoms with Gasteiger partial charge in [-0.1, -0.05) is 195 Å². The van der Waals surface area contributed by atoms with Gasteiger partial charge < -0.3 is 39.0 Å². The molecule has 0 amide bonds. The van der Waals surface area contributed by atoms with E-state index in [1.54, 1.807) is 0 Å². The van der Waals surface area contributed by atoms with Gasteiger partial charge in [-0.25, -0.2) is 4.79 Å². The number of ether oxygens (including phenoxy) is 5. The number of aliphatic hydroxyl groups excluding tert-OH is 2. The van der Waals surface area contributed by atoms with E-state index >= 15 is 0 Å². The van der Waals surface area contributed by atoms with Crippen molar-refractivity contribution in [2.24, 2.45) is 0 Å². The lowest BCUT2D eigenvalue weighted by Gasteiger charge is -2.40. The van der Waals surface area contributed by atoms with Crippen LogP contribution in [0, 0.1) is 0 Å². The second-order valence-corrected chi connectivity index (χ2v) is 19.5. The highest BCUT2D eigenvalue weighted by Gasteiger charge is 2.50. The van der Waals surface area contributed by atoms with Gasteiger partial charge in [0.2, 0.25) is 0 Å². The third kappa shape index (κ3) is 40.6. The molecule has 6 atom stereocenters. The normalized spacial score (nSPS) is 18.9. The van der Waals surface area contributed by atoms with Crippen LogP contribution < -0.4 is 0 Å². The molecule has 1 heterocycles. The third-order valence-electron chi connectivity index (χ3n) is 12.6. The molecule has 12 nitrogen and oxygen atoms in total. The highest BCUT2D eigenvalue weighted by Crippen LogP contribution is 2.26. The maximum Gasteiger partial charge on any atom is 0.335 e. The van der Waals surface area contributed by atoms with Gasteiger partial charge in [-0.3, -0.25) is 14.4 Å². The van der Waals surface area contributed by atoms with Crippen molar-refractivity contribution in [1.82, 2.24) is 0 Å². The Morgan fingerprint density at radius 3 is 1.29 bits per heavy atom. The molecule has 1 rings (SSSR count). The van der Waals surface area contributed by atoms with E-state index in [-0.39, 0.29) is 25.9 Å². The first-order valence-corrected chi connectivity index (χ1v) is 29.2. The summed E-state index contributed by atoms with van der Waals surface area (Å²) in [4.78, 5) is 51.1. The molecule has 0 saturated carbocycles. The van der Waals surface area contributed by atoms with Gasteiger partial charge in [-0.05, 0) is 109 Å². The number of hydrogen-bond donors (Lipinski definition) is 3. The van der Waals surface area contributed by atoms with Crippen LogP contribution in [-0.2, 0) is 42.9 Å². The first kappa shape index (κ1) is 68.7. The Morgan fingerprint density at radius 1 is 0.453 bits per heavy atom. The maximum atomic E-state index is 13.1. The molecule has 0 aliphatic carbocycles. The van der Waals surface area contributed by atoms with Crippen molar-refractivity contribution in [2.75, 3.05) is 13.2 Å². The minimum atomic E-state index is -1.91. The van der Waals surface area contributed by atoms with Crippen molar-refractivity contribution in [3.8, 4) is 0 Å². The summed E-state index contributed by atoms with van der Waals surface area (Å²) in [7, 11) is 0. The number of carbonyl (C=O) groups is 4. The lowest BCUT2D eigenvalue weighted by Crippen LogP contribution is -2.61. The molecule has 426 valence electrons. The lowest BCUT2D eigenvalue weighted by molar-refractivity contribution is -0.301. The lowest BCUT2D eigenvalue weighted by atomic mass is 9.98. The monoisotopic (exact) mass is 1050 g/mol. The number of esters is 3. The summed E-state index contributed by atoms with van der Waals surface area (Å²) >= 11 is 0. The average molecular weight is 1050 g/mol. The van der Waals surface area contributed by atoms with Crippen LogP contribution in [0.4, 0.5) is 0 Å². The summed E-state index contributed by atoms with van der Waals surface area (Å²) in [6.45, 7) is 5.69. The van der Waals surface area contributed by atoms with Gasteiger partial charge in [-0.2, -0.15) is 0 Å². The van der Waals surface area contributed by atoms with E-state index in [1.807, 2.05) is 0 Å². The van der Waals surface area contributed by atoms with E-state index in [4.69, 9.17) is 23.7 Å². The van der Waals surface area contributed by atoms with Crippen LogP contribution in [0.3, 0.4) is 0 Å². The molecule has 1 saturated heterocycles. The molecule has 1 aliphatic heterocycles. The molecule has 0 aromatic rings. The van der Waals surface area contributed by atoms with E-state index in [0.717, 1.165) is 154 Å². The smallest absolute Gasteiger partial charge is 0.335 e. The summed E-state index contributed by atoms with van der Waals surface area (Å²) in [6.07, 6.45) is 53.8. The Morgan fingerprint density at radius 2 is 0.840 bits per heavy atom. The minimum Gasteiger partial charge on any atom is -0.479 e. The highest BCUT2D eigenvalue weighted by molar-refractivity contribution is 5.74. The first-order chi connectivity index (χ1) is 36.6. The fourth-order valence-electron chi connectivity index (χ4n) is 8.18. The molecule has 12 heteroatoms. The predicted octanol–water partition coefficient (Wildman–Crippen LogP) is 14.9. The Labute approximate surface area is 453 Å². The van der Waals surface area contributed by atoms with Crippen LogP contribution in [0.5, 0.6) is 0 Å². The van der Waals surface area contributed by atoms with Crippen LogP contribution in [0.1, 0.15) is 226 Å². The van der Waals surface area contributed by atoms with E-state index in [1.165, 1.54) is 12.8 Å². The quantitative estimate of drug-likeness (QED) is 0.0228. The van der Waals surface area contributed by atoms with Crippen LogP contribution in [0.15, 0.2) is 97.2 Å². The van der Waals surface area contributed by atoms with Crippen molar-refractivity contribution in [3.63, 3.8) is 0 Å². The van der Waals surface area contributed by atoms with Gasteiger partial charge in [0.25, 0.3) is 0 Å². The van der Waals surface area contributed by atoms with Crippen molar-refractivity contribution >= 4 is 23.9 Å². The highest BCUT2D eigenvalue weighted by atomic mass is 16.7. The largest absolute Gasteiger partial charge is 0.479 e. The molecule has 0 radical (unpaired) electrons. The van der Waals surface area contributed by atoms with Gasteiger partial charge in [0.05, 0.1) is 6.61 Å². The first-order valence-electron chi connectivity index (χ1n) is 29.2. The number of aliphatic carboxylic acids is 1. The van der Waals surface area contributed by atoms with Gasteiger partial charge in [0, 0.05) is 19.3 Å². The molecule has 0 bridgehead atoms. The Kier molecular flexibility index (Phi) is 46.2. The van der Waals surface area contributed by atoms with E-state index in [9.17, 15) is 34.5 Å². The number of carboxylic acid groups (broad SMARTS) is 1. The second-order valence-electron chi connectivity index (χ2n) is 19.5. The zero-order valence-electron chi connectivity index (χ0n) is 46.8. The molecule has 6 unspecified atom stereocenters. The number of carbonyl (C=O) groups excluding carboxylic acids is 3. The summed E-state index contributed by atoms with van der Waals surface area (Å²) in [5.41, 5.74) is 0. The van der Waals surface area contributed by atoms with Gasteiger partial charge in [-0.15, -0.1) is 0 Å². The number of aliphatic hydroxyl groups is 2. The van der Waals surface area contributed by atoms with Crippen LogP contribution in [-0.4, -0.2) is 89.2 Å². The third-order valence-corrected chi connectivity index (χ3v) is 12.6. The van der Waals surface area contributed by atoms with Crippen molar-refractivity contribution in [1.29, 1.82) is 0 Å². The fourth-order valence-corrected chi connectivity index (χ4v) is 8.18. The Bertz CT molecular complexity index is 1670. The van der Waals surface area contributed by atoms with Crippen molar-refractivity contribution in [2.45, 2.75) is 263 Å². The van der Waals surface area contributed by atoms with E-state index in [0.29, 0.717) is 19.3 Å². The molecular weight excluding hydrogens is 949 g/mol. The standard InChI is InChI=1S/C63H102O12/c1-4-7-10-13-16-19-22-24-26-28-30-32-35-37-40-43-46-49-55(64)71-52-54(73-56(65)50-47-44-41-38-34-21-18-15-12-9-6-3)53-72-63-61(59(68)58(67)60(75-63)62(69)70)74-57(66)51-48-45-42-39-36-33-31-29-27-25-23-20-17-14-11-8-5-2/h7-8,10-11,15-20,24-27,30,32,54,58-61,63,67-68H,4-6,9,12-14,21-23,28-29,31,33-53H2,1-3H3,(H,69,70)/b10-7-,11-8-,18-15-,19-16-,20-17-,26-24-,27-25-,32-30-. The Balaban J connectivity index is 2.70. The average Bonchev–Trinajstić information content (AvgIpc) is 3.39. The topological polar surface area (TPSA) is 175 Å². The maximum absolute atomic E-state index is 13.1. The van der Waals surface area contributed by atoms with E-state index < -0.39 is 67.3 Å². The molecule has 0 spiro atoms. The molecule has 0 aromatic heterocycles. The summed E-state index contributed by atoms with van der Waals surface area (Å²) < 4.78 is 28.4. The summed E-state index contributed by atoms with van der Waals surface area (Å²) in [5.74, 6) is -3.18. The molecule has 1 aliphatic rings. The molecule has 1 fully saturated rings. The zero-order valence-corrected chi connectivity index (χ0v) is 46.8.